The molecule has 1 N–H and O–H groups in total. The summed E-state index contributed by atoms with van der Waals surface area (Å²) in [5.74, 6) is 1.64. The van der Waals surface area contributed by atoms with E-state index in [0.29, 0.717) is 0 Å². The highest BCUT2D eigenvalue weighted by atomic mass is 79.9. The maximum atomic E-state index is 5.33. The van der Waals surface area contributed by atoms with Crippen LogP contribution in [0, 0.1) is 6.92 Å². The largest absolute Gasteiger partial charge is 0.378 e. The number of halogens is 1. The molecule has 0 bridgehead atoms. The van der Waals surface area contributed by atoms with Crippen LogP contribution < -0.4 is 10.2 Å². The first-order valence-corrected chi connectivity index (χ1v) is 6.62. The average Bonchev–Trinajstić information content (AvgIpc) is 2.36. The molecule has 17 heavy (non-hydrogen) atoms. The first-order chi connectivity index (χ1) is 8.22. The topological polar surface area (TPSA) is 50.3 Å². The summed E-state index contributed by atoms with van der Waals surface area (Å²) in [6.45, 7) is 8.08. The quantitative estimate of drug-likeness (QED) is 0.923. The molecule has 1 saturated heterocycles. The van der Waals surface area contributed by atoms with Gasteiger partial charge in [-0.1, -0.05) is 0 Å². The summed E-state index contributed by atoms with van der Waals surface area (Å²) in [7, 11) is 0. The van der Waals surface area contributed by atoms with E-state index >= 15 is 0 Å². The van der Waals surface area contributed by atoms with Gasteiger partial charge in [-0.3, -0.25) is 0 Å². The lowest BCUT2D eigenvalue weighted by Gasteiger charge is -2.27. The smallest absolute Gasteiger partial charge is 0.227 e. The minimum absolute atomic E-state index is 0.745. The van der Waals surface area contributed by atoms with Gasteiger partial charge in [-0.25, -0.2) is 4.98 Å². The number of ether oxygens (including phenoxy) is 1. The number of anilines is 2. The van der Waals surface area contributed by atoms with Crippen molar-refractivity contribution in [3.63, 3.8) is 0 Å². The second-order valence-electron chi connectivity index (χ2n) is 3.90. The van der Waals surface area contributed by atoms with Gasteiger partial charge in [-0.15, -0.1) is 0 Å². The number of morpholine rings is 1. The van der Waals surface area contributed by atoms with E-state index in [4.69, 9.17) is 4.74 Å². The van der Waals surface area contributed by atoms with Crippen molar-refractivity contribution in [2.45, 2.75) is 13.8 Å². The first-order valence-electron chi connectivity index (χ1n) is 5.83. The Morgan fingerprint density at radius 3 is 2.71 bits per heavy atom. The lowest BCUT2D eigenvalue weighted by molar-refractivity contribution is 0.122. The molecule has 94 valence electrons. The molecule has 1 aromatic heterocycles. The third-order valence-electron chi connectivity index (χ3n) is 2.64. The zero-order chi connectivity index (χ0) is 12.3. The Labute approximate surface area is 110 Å². The molecule has 1 aliphatic rings. The first kappa shape index (κ1) is 12.6. The Hall–Kier alpha value is -0.880. The second-order valence-corrected chi connectivity index (χ2v) is 4.69. The molecule has 1 fully saturated rings. The lowest BCUT2D eigenvalue weighted by atomic mass is 10.4. The van der Waals surface area contributed by atoms with Crippen LogP contribution >= 0.6 is 15.9 Å². The van der Waals surface area contributed by atoms with Crippen LogP contribution in [-0.4, -0.2) is 42.8 Å². The van der Waals surface area contributed by atoms with Crippen molar-refractivity contribution in [1.82, 2.24) is 9.97 Å². The summed E-state index contributed by atoms with van der Waals surface area (Å²) < 4.78 is 6.27. The fourth-order valence-corrected chi connectivity index (χ4v) is 2.05. The van der Waals surface area contributed by atoms with Gasteiger partial charge in [-0.05, 0) is 29.8 Å². The number of hydrogen-bond donors (Lipinski definition) is 1. The molecule has 5 nitrogen and oxygen atoms in total. The van der Waals surface area contributed by atoms with Crippen molar-refractivity contribution in [1.29, 1.82) is 0 Å². The molecular formula is C11H17BrN4O. The van der Waals surface area contributed by atoms with Gasteiger partial charge in [0.1, 0.15) is 5.82 Å². The predicted octanol–water partition coefficient (Wildman–Crippen LogP) is 1.82. The maximum Gasteiger partial charge on any atom is 0.227 e. The van der Waals surface area contributed by atoms with E-state index in [1.807, 2.05) is 6.92 Å². The zero-order valence-electron chi connectivity index (χ0n) is 10.2. The van der Waals surface area contributed by atoms with Gasteiger partial charge in [0.15, 0.2) is 0 Å². The highest BCUT2D eigenvalue weighted by Crippen LogP contribution is 2.25. The number of nitrogens with zero attached hydrogens (tertiary/aromatic N) is 3. The standard InChI is InChI=1S/C11H17BrN4O/c1-3-13-10-9(12)8(2)14-11(15-10)16-4-6-17-7-5-16/h3-7H2,1-2H3,(H,13,14,15). The van der Waals surface area contributed by atoms with E-state index in [1.54, 1.807) is 0 Å². The predicted molar refractivity (Wildman–Crippen MR) is 71.7 cm³/mol. The fourth-order valence-electron chi connectivity index (χ4n) is 1.73. The number of aromatic nitrogens is 2. The molecule has 2 rings (SSSR count). The Morgan fingerprint density at radius 2 is 2.06 bits per heavy atom. The van der Waals surface area contributed by atoms with Crippen LogP contribution in [0.2, 0.25) is 0 Å². The molecule has 2 heterocycles. The van der Waals surface area contributed by atoms with Gasteiger partial charge in [0.05, 0.1) is 23.4 Å². The number of rotatable bonds is 3. The van der Waals surface area contributed by atoms with Crippen molar-refractivity contribution in [2.75, 3.05) is 43.1 Å². The summed E-state index contributed by atoms with van der Waals surface area (Å²) in [6.07, 6.45) is 0. The van der Waals surface area contributed by atoms with Gasteiger partial charge >= 0.3 is 0 Å². The summed E-state index contributed by atoms with van der Waals surface area (Å²) in [6, 6.07) is 0. The van der Waals surface area contributed by atoms with E-state index in [2.05, 4.69) is 43.0 Å². The summed E-state index contributed by atoms with van der Waals surface area (Å²) in [5, 5.41) is 3.24. The van der Waals surface area contributed by atoms with Gasteiger partial charge in [0, 0.05) is 19.6 Å². The molecule has 0 aromatic carbocycles. The number of hydrogen-bond acceptors (Lipinski definition) is 5. The Kier molecular flexibility index (Phi) is 4.17. The molecule has 0 spiro atoms. The van der Waals surface area contributed by atoms with Crippen LogP contribution in [0.1, 0.15) is 12.6 Å². The molecule has 6 heteroatoms. The normalized spacial score (nSPS) is 16.1. The Morgan fingerprint density at radius 1 is 1.35 bits per heavy atom. The summed E-state index contributed by atoms with van der Waals surface area (Å²) in [4.78, 5) is 11.2. The molecule has 1 aliphatic heterocycles. The molecular weight excluding hydrogens is 284 g/mol. The third kappa shape index (κ3) is 2.87. The van der Waals surface area contributed by atoms with Gasteiger partial charge < -0.3 is 15.0 Å². The maximum absolute atomic E-state index is 5.33. The Balaban J connectivity index is 2.27. The van der Waals surface area contributed by atoms with Crippen molar-refractivity contribution in [3.8, 4) is 0 Å². The average molecular weight is 301 g/mol. The third-order valence-corrected chi connectivity index (χ3v) is 3.59. The summed E-state index contributed by atoms with van der Waals surface area (Å²) in [5.41, 5.74) is 0.956. The van der Waals surface area contributed by atoms with E-state index in [9.17, 15) is 0 Å². The van der Waals surface area contributed by atoms with E-state index in [-0.39, 0.29) is 0 Å². The van der Waals surface area contributed by atoms with Crippen LogP contribution in [-0.2, 0) is 4.74 Å². The van der Waals surface area contributed by atoms with E-state index < -0.39 is 0 Å². The highest BCUT2D eigenvalue weighted by molar-refractivity contribution is 9.10. The van der Waals surface area contributed by atoms with Crippen LogP contribution in [0.4, 0.5) is 11.8 Å². The van der Waals surface area contributed by atoms with Gasteiger partial charge in [0.25, 0.3) is 0 Å². The second kappa shape index (κ2) is 5.64. The van der Waals surface area contributed by atoms with Crippen LogP contribution in [0.5, 0.6) is 0 Å². The lowest BCUT2D eigenvalue weighted by Crippen LogP contribution is -2.37. The monoisotopic (exact) mass is 300 g/mol. The van der Waals surface area contributed by atoms with Crippen molar-refractivity contribution < 1.29 is 4.74 Å². The van der Waals surface area contributed by atoms with Crippen LogP contribution in [0.3, 0.4) is 0 Å². The molecule has 0 saturated carbocycles. The van der Waals surface area contributed by atoms with Gasteiger partial charge in [0.2, 0.25) is 5.95 Å². The van der Waals surface area contributed by atoms with Crippen molar-refractivity contribution in [2.24, 2.45) is 0 Å². The molecule has 0 unspecified atom stereocenters. The zero-order valence-corrected chi connectivity index (χ0v) is 11.7. The molecule has 0 radical (unpaired) electrons. The molecule has 1 aromatic rings. The fraction of sp³-hybridized carbons (Fsp3) is 0.636. The Bertz CT molecular complexity index is 393. The van der Waals surface area contributed by atoms with Crippen LogP contribution in [0.25, 0.3) is 0 Å². The molecule has 0 atom stereocenters. The van der Waals surface area contributed by atoms with Gasteiger partial charge in [-0.2, -0.15) is 4.98 Å². The summed E-state index contributed by atoms with van der Waals surface area (Å²) >= 11 is 3.51. The minimum atomic E-state index is 0.745. The van der Waals surface area contributed by atoms with E-state index in [0.717, 1.165) is 54.8 Å². The number of nitrogens with one attached hydrogen (secondary N) is 1. The number of aryl methyl sites for hydroxylation is 1. The minimum Gasteiger partial charge on any atom is -0.378 e. The van der Waals surface area contributed by atoms with Crippen LogP contribution in [0.15, 0.2) is 4.47 Å². The molecule has 0 amide bonds. The highest BCUT2D eigenvalue weighted by Gasteiger charge is 2.16. The van der Waals surface area contributed by atoms with Crippen molar-refractivity contribution in [3.05, 3.63) is 10.2 Å². The molecule has 0 aliphatic carbocycles. The van der Waals surface area contributed by atoms with Crippen molar-refractivity contribution >= 4 is 27.7 Å². The SMILES string of the molecule is CCNc1nc(N2CCOCC2)nc(C)c1Br. The van der Waals surface area contributed by atoms with E-state index in [1.165, 1.54) is 0 Å².